The molecular weight excluding hydrogens is 199 g/mol. The predicted octanol–water partition coefficient (Wildman–Crippen LogP) is 1.47. The van der Waals surface area contributed by atoms with Crippen molar-refractivity contribution >= 4 is 0 Å². The minimum atomic E-state index is -0.418. The SMILES string of the molecule is OCCCCOc1cc(F)cc(CO)c1. The molecule has 1 aromatic carbocycles. The van der Waals surface area contributed by atoms with E-state index in [4.69, 9.17) is 14.9 Å². The Morgan fingerprint density at radius 2 is 1.93 bits per heavy atom. The molecular formula is C11H15FO3. The third-order valence-corrected chi connectivity index (χ3v) is 1.93. The third-order valence-electron chi connectivity index (χ3n) is 1.93. The molecule has 0 aliphatic carbocycles. The molecule has 0 unspecified atom stereocenters. The highest BCUT2D eigenvalue weighted by Crippen LogP contribution is 2.16. The molecule has 0 bridgehead atoms. The average molecular weight is 214 g/mol. The summed E-state index contributed by atoms with van der Waals surface area (Å²) in [6.45, 7) is 0.369. The number of rotatable bonds is 6. The molecule has 0 aliphatic rings. The number of aliphatic hydroxyl groups excluding tert-OH is 2. The molecule has 4 heteroatoms. The monoisotopic (exact) mass is 214 g/mol. The van der Waals surface area contributed by atoms with Crippen molar-refractivity contribution in [2.24, 2.45) is 0 Å². The maximum absolute atomic E-state index is 13.0. The van der Waals surface area contributed by atoms with E-state index in [9.17, 15) is 4.39 Å². The molecule has 0 amide bonds. The van der Waals surface area contributed by atoms with Gasteiger partial charge in [0.25, 0.3) is 0 Å². The first-order valence-electron chi connectivity index (χ1n) is 4.90. The maximum atomic E-state index is 13.0. The van der Waals surface area contributed by atoms with Crippen LogP contribution in [0, 0.1) is 5.82 Å². The Kier molecular flexibility index (Phi) is 5.07. The van der Waals surface area contributed by atoms with Crippen LogP contribution in [0.4, 0.5) is 4.39 Å². The Bertz CT molecular complexity index is 302. The van der Waals surface area contributed by atoms with E-state index in [0.29, 0.717) is 24.3 Å². The highest BCUT2D eigenvalue weighted by Gasteiger charge is 2.00. The smallest absolute Gasteiger partial charge is 0.127 e. The van der Waals surface area contributed by atoms with E-state index in [1.807, 2.05) is 0 Å². The van der Waals surface area contributed by atoms with Gasteiger partial charge in [-0.15, -0.1) is 0 Å². The average Bonchev–Trinajstić information content (AvgIpc) is 2.23. The number of hydrogen-bond donors (Lipinski definition) is 2. The van der Waals surface area contributed by atoms with Gasteiger partial charge >= 0.3 is 0 Å². The molecule has 0 radical (unpaired) electrons. The summed E-state index contributed by atoms with van der Waals surface area (Å²) in [6, 6.07) is 4.14. The van der Waals surface area contributed by atoms with E-state index in [1.54, 1.807) is 6.07 Å². The number of hydrogen-bond acceptors (Lipinski definition) is 3. The highest BCUT2D eigenvalue weighted by atomic mass is 19.1. The van der Waals surface area contributed by atoms with Crippen LogP contribution < -0.4 is 4.74 Å². The molecule has 0 heterocycles. The van der Waals surface area contributed by atoms with Crippen LogP contribution in [0.2, 0.25) is 0 Å². The van der Waals surface area contributed by atoms with E-state index >= 15 is 0 Å². The van der Waals surface area contributed by atoms with Crippen LogP contribution in [0.5, 0.6) is 5.75 Å². The number of benzene rings is 1. The van der Waals surface area contributed by atoms with Gasteiger partial charge in [-0.25, -0.2) is 4.39 Å². The molecule has 0 atom stereocenters. The summed E-state index contributed by atoms with van der Waals surface area (Å²) in [5.41, 5.74) is 0.493. The number of unbranched alkanes of at least 4 members (excludes halogenated alkanes) is 1. The van der Waals surface area contributed by atoms with Gasteiger partial charge < -0.3 is 14.9 Å². The fourth-order valence-corrected chi connectivity index (χ4v) is 1.20. The topological polar surface area (TPSA) is 49.7 Å². The second-order valence-corrected chi connectivity index (χ2v) is 3.23. The maximum Gasteiger partial charge on any atom is 0.127 e. The van der Waals surface area contributed by atoms with Gasteiger partial charge in [-0.1, -0.05) is 0 Å². The van der Waals surface area contributed by atoms with Gasteiger partial charge in [0.1, 0.15) is 11.6 Å². The van der Waals surface area contributed by atoms with Crippen molar-refractivity contribution in [3.05, 3.63) is 29.6 Å². The summed E-state index contributed by atoms with van der Waals surface area (Å²) >= 11 is 0. The lowest BCUT2D eigenvalue weighted by molar-refractivity contribution is 0.251. The highest BCUT2D eigenvalue weighted by molar-refractivity contribution is 5.29. The standard InChI is InChI=1S/C11H15FO3/c12-10-5-9(8-14)6-11(7-10)15-4-2-1-3-13/h5-7,13-14H,1-4,8H2. The summed E-state index contributed by atoms with van der Waals surface area (Å²) in [6.07, 6.45) is 1.39. The first-order chi connectivity index (χ1) is 7.26. The number of halogens is 1. The van der Waals surface area contributed by atoms with Crippen LogP contribution in [0.15, 0.2) is 18.2 Å². The quantitative estimate of drug-likeness (QED) is 0.705. The molecule has 84 valence electrons. The van der Waals surface area contributed by atoms with Gasteiger partial charge in [0.2, 0.25) is 0 Å². The van der Waals surface area contributed by atoms with Crippen LogP contribution >= 0.6 is 0 Å². The Morgan fingerprint density at radius 1 is 1.13 bits per heavy atom. The lowest BCUT2D eigenvalue weighted by Gasteiger charge is -2.07. The zero-order chi connectivity index (χ0) is 11.1. The molecule has 0 saturated heterocycles. The molecule has 0 saturated carbocycles. The second-order valence-electron chi connectivity index (χ2n) is 3.23. The summed E-state index contributed by atoms with van der Waals surface area (Å²) in [7, 11) is 0. The molecule has 3 nitrogen and oxygen atoms in total. The summed E-state index contributed by atoms with van der Waals surface area (Å²) in [5, 5.41) is 17.4. The van der Waals surface area contributed by atoms with Crippen molar-refractivity contribution in [2.45, 2.75) is 19.4 Å². The zero-order valence-electron chi connectivity index (χ0n) is 8.45. The first-order valence-corrected chi connectivity index (χ1v) is 4.90. The molecule has 1 aromatic rings. The van der Waals surface area contributed by atoms with E-state index in [0.717, 1.165) is 6.42 Å². The van der Waals surface area contributed by atoms with E-state index in [1.165, 1.54) is 12.1 Å². The Labute approximate surface area is 88.1 Å². The van der Waals surface area contributed by atoms with Crippen molar-refractivity contribution in [2.75, 3.05) is 13.2 Å². The van der Waals surface area contributed by atoms with E-state index < -0.39 is 5.82 Å². The van der Waals surface area contributed by atoms with Gasteiger partial charge in [0.15, 0.2) is 0 Å². The number of aliphatic hydroxyl groups is 2. The van der Waals surface area contributed by atoms with Gasteiger partial charge in [0.05, 0.1) is 13.2 Å². The molecule has 2 N–H and O–H groups in total. The Morgan fingerprint density at radius 3 is 2.60 bits per heavy atom. The third kappa shape index (κ3) is 4.27. The Balaban J connectivity index is 2.49. The molecule has 0 spiro atoms. The molecule has 0 aliphatic heterocycles. The van der Waals surface area contributed by atoms with Crippen LogP contribution in [0.3, 0.4) is 0 Å². The zero-order valence-corrected chi connectivity index (χ0v) is 8.45. The van der Waals surface area contributed by atoms with Crippen LogP contribution in [0.25, 0.3) is 0 Å². The number of ether oxygens (including phenoxy) is 1. The largest absolute Gasteiger partial charge is 0.493 e. The summed E-state index contributed by atoms with van der Waals surface area (Å²) in [4.78, 5) is 0. The van der Waals surface area contributed by atoms with Crippen LogP contribution in [-0.4, -0.2) is 23.4 Å². The van der Waals surface area contributed by atoms with Gasteiger partial charge in [-0.2, -0.15) is 0 Å². The van der Waals surface area contributed by atoms with Crippen molar-refractivity contribution < 1.29 is 19.3 Å². The fourth-order valence-electron chi connectivity index (χ4n) is 1.20. The lowest BCUT2D eigenvalue weighted by Crippen LogP contribution is -1.99. The first kappa shape index (κ1) is 11.9. The molecule has 1 rings (SSSR count). The molecule has 0 fully saturated rings. The van der Waals surface area contributed by atoms with Crippen molar-refractivity contribution in [3.63, 3.8) is 0 Å². The Hall–Kier alpha value is -1.13. The minimum absolute atomic E-state index is 0.133. The van der Waals surface area contributed by atoms with Crippen LogP contribution in [-0.2, 0) is 6.61 Å². The summed E-state index contributed by atoms with van der Waals surface area (Å²) in [5.74, 6) is -0.00398. The van der Waals surface area contributed by atoms with Crippen molar-refractivity contribution in [3.8, 4) is 5.75 Å². The van der Waals surface area contributed by atoms with Gasteiger partial charge in [0, 0.05) is 12.7 Å². The lowest BCUT2D eigenvalue weighted by atomic mass is 10.2. The van der Waals surface area contributed by atoms with E-state index in [2.05, 4.69) is 0 Å². The van der Waals surface area contributed by atoms with Crippen molar-refractivity contribution in [1.29, 1.82) is 0 Å². The van der Waals surface area contributed by atoms with Gasteiger partial charge in [-0.3, -0.25) is 0 Å². The summed E-state index contributed by atoms with van der Waals surface area (Å²) < 4.78 is 18.2. The van der Waals surface area contributed by atoms with Gasteiger partial charge in [-0.05, 0) is 30.5 Å². The normalized spacial score (nSPS) is 10.3. The molecule has 0 aromatic heterocycles. The molecule has 15 heavy (non-hydrogen) atoms. The second kappa shape index (κ2) is 6.37. The fraction of sp³-hybridized carbons (Fsp3) is 0.455. The van der Waals surface area contributed by atoms with Crippen molar-refractivity contribution in [1.82, 2.24) is 0 Å². The van der Waals surface area contributed by atoms with E-state index in [-0.39, 0.29) is 13.2 Å². The predicted molar refractivity (Wildman–Crippen MR) is 54.1 cm³/mol. The van der Waals surface area contributed by atoms with Crippen LogP contribution in [0.1, 0.15) is 18.4 Å². The minimum Gasteiger partial charge on any atom is -0.493 e.